The van der Waals surface area contributed by atoms with Crippen LogP contribution in [-0.4, -0.2) is 20.9 Å². The SMILES string of the molecule is Cc1ccnc(Nc2cc(Nc3ccc(NC(=O)c4cc(C)cs4)cc3)ncn2)c1. The number of carbonyl (C=O) groups is 1. The number of nitrogens with zero attached hydrogens (tertiary/aromatic N) is 3. The summed E-state index contributed by atoms with van der Waals surface area (Å²) in [5, 5.41) is 11.3. The van der Waals surface area contributed by atoms with E-state index in [1.165, 1.54) is 17.7 Å². The third-order valence-corrected chi connectivity index (χ3v) is 5.25. The van der Waals surface area contributed by atoms with Crippen molar-refractivity contribution in [2.75, 3.05) is 16.0 Å². The summed E-state index contributed by atoms with van der Waals surface area (Å²) in [6.45, 7) is 3.98. The lowest BCUT2D eigenvalue weighted by Crippen LogP contribution is -2.10. The number of thiophene rings is 1. The highest BCUT2D eigenvalue weighted by Crippen LogP contribution is 2.21. The summed E-state index contributed by atoms with van der Waals surface area (Å²) >= 11 is 1.44. The third kappa shape index (κ3) is 4.98. The molecule has 0 radical (unpaired) electrons. The summed E-state index contributed by atoms with van der Waals surface area (Å²) in [6, 6.07) is 15.0. The zero-order chi connectivity index (χ0) is 20.9. The van der Waals surface area contributed by atoms with Crippen molar-refractivity contribution in [1.82, 2.24) is 15.0 Å². The van der Waals surface area contributed by atoms with Gasteiger partial charge in [0.1, 0.15) is 23.8 Å². The van der Waals surface area contributed by atoms with E-state index in [1.807, 2.05) is 61.7 Å². The fourth-order valence-electron chi connectivity index (χ4n) is 2.76. The average molecular weight is 417 g/mol. The van der Waals surface area contributed by atoms with Crippen LogP contribution in [0.3, 0.4) is 0 Å². The highest BCUT2D eigenvalue weighted by molar-refractivity contribution is 7.12. The smallest absolute Gasteiger partial charge is 0.265 e. The molecule has 4 rings (SSSR count). The molecular weight excluding hydrogens is 396 g/mol. The first-order valence-electron chi connectivity index (χ1n) is 9.30. The van der Waals surface area contributed by atoms with Crippen molar-refractivity contribution in [1.29, 1.82) is 0 Å². The van der Waals surface area contributed by atoms with Crippen LogP contribution in [0.5, 0.6) is 0 Å². The molecule has 0 atom stereocenters. The molecule has 0 aliphatic carbocycles. The Morgan fingerprint density at radius 2 is 1.50 bits per heavy atom. The Bertz CT molecular complexity index is 1170. The van der Waals surface area contributed by atoms with Gasteiger partial charge in [-0.2, -0.15) is 0 Å². The predicted molar refractivity (Wildman–Crippen MR) is 121 cm³/mol. The van der Waals surface area contributed by atoms with Gasteiger partial charge in [-0.15, -0.1) is 11.3 Å². The molecule has 8 heteroatoms. The second-order valence-electron chi connectivity index (χ2n) is 6.78. The quantitative estimate of drug-likeness (QED) is 0.396. The zero-order valence-corrected chi connectivity index (χ0v) is 17.3. The van der Waals surface area contributed by atoms with Crippen LogP contribution in [0.15, 0.2) is 66.4 Å². The van der Waals surface area contributed by atoms with Gasteiger partial charge in [0.05, 0.1) is 4.88 Å². The van der Waals surface area contributed by atoms with Gasteiger partial charge in [0, 0.05) is 23.6 Å². The number of nitrogens with one attached hydrogen (secondary N) is 3. The van der Waals surface area contributed by atoms with Crippen LogP contribution < -0.4 is 16.0 Å². The number of rotatable bonds is 6. The fraction of sp³-hybridized carbons (Fsp3) is 0.0909. The molecule has 30 heavy (non-hydrogen) atoms. The van der Waals surface area contributed by atoms with Crippen molar-refractivity contribution >= 4 is 46.1 Å². The first kappa shape index (κ1) is 19.5. The molecular formula is C22H20N6OS. The summed E-state index contributed by atoms with van der Waals surface area (Å²) in [4.78, 5) is 25.7. The van der Waals surface area contributed by atoms with Crippen molar-refractivity contribution in [3.05, 3.63) is 82.4 Å². The molecule has 0 saturated heterocycles. The predicted octanol–water partition coefficient (Wildman–Crippen LogP) is 5.29. The molecule has 1 aromatic carbocycles. The molecule has 150 valence electrons. The number of hydrogen-bond donors (Lipinski definition) is 3. The lowest BCUT2D eigenvalue weighted by Gasteiger charge is -2.09. The average Bonchev–Trinajstić information content (AvgIpc) is 3.16. The van der Waals surface area contributed by atoms with E-state index >= 15 is 0 Å². The van der Waals surface area contributed by atoms with E-state index in [0.717, 1.165) is 28.3 Å². The lowest BCUT2D eigenvalue weighted by atomic mass is 10.2. The number of aryl methyl sites for hydroxylation is 2. The van der Waals surface area contributed by atoms with Gasteiger partial charge < -0.3 is 16.0 Å². The largest absolute Gasteiger partial charge is 0.340 e. The number of carbonyl (C=O) groups excluding carboxylic acids is 1. The van der Waals surface area contributed by atoms with Gasteiger partial charge in [0.15, 0.2) is 0 Å². The van der Waals surface area contributed by atoms with Gasteiger partial charge in [-0.25, -0.2) is 15.0 Å². The van der Waals surface area contributed by atoms with Gasteiger partial charge in [0.2, 0.25) is 0 Å². The maximum absolute atomic E-state index is 12.3. The monoisotopic (exact) mass is 416 g/mol. The first-order chi connectivity index (χ1) is 14.5. The van der Waals surface area contributed by atoms with E-state index in [4.69, 9.17) is 0 Å². The molecule has 4 aromatic rings. The van der Waals surface area contributed by atoms with Crippen molar-refractivity contribution in [2.45, 2.75) is 13.8 Å². The lowest BCUT2D eigenvalue weighted by molar-refractivity contribution is 0.103. The molecule has 0 fully saturated rings. The molecule has 3 N–H and O–H groups in total. The van der Waals surface area contributed by atoms with E-state index in [2.05, 4.69) is 30.9 Å². The summed E-state index contributed by atoms with van der Waals surface area (Å²) < 4.78 is 0. The second-order valence-corrected chi connectivity index (χ2v) is 7.69. The van der Waals surface area contributed by atoms with Gasteiger partial charge in [0.25, 0.3) is 5.91 Å². The van der Waals surface area contributed by atoms with Gasteiger partial charge >= 0.3 is 0 Å². The van der Waals surface area contributed by atoms with Crippen LogP contribution in [0.2, 0.25) is 0 Å². The van der Waals surface area contributed by atoms with Crippen LogP contribution in [0.1, 0.15) is 20.8 Å². The Labute approximate surface area is 178 Å². The summed E-state index contributed by atoms with van der Waals surface area (Å²) in [7, 11) is 0. The number of anilines is 5. The Morgan fingerprint density at radius 3 is 2.20 bits per heavy atom. The van der Waals surface area contributed by atoms with E-state index in [-0.39, 0.29) is 5.91 Å². The Balaban J connectivity index is 1.40. The fourth-order valence-corrected chi connectivity index (χ4v) is 3.55. The van der Waals surface area contributed by atoms with E-state index in [1.54, 1.807) is 12.3 Å². The maximum Gasteiger partial charge on any atom is 0.265 e. The van der Waals surface area contributed by atoms with Crippen LogP contribution in [0.4, 0.5) is 28.8 Å². The summed E-state index contributed by atoms with van der Waals surface area (Å²) in [5.74, 6) is 1.90. The van der Waals surface area contributed by atoms with E-state index in [0.29, 0.717) is 16.5 Å². The number of aromatic nitrogens is 3. The minimum Gasteiger partial charge on any atom is -0.340 e. The van der Waals surface area contributed by atoms with Crippen LogP contribution in [0.25, 0.3) is 0 Å². The molecule has 3 heterocycles. The van der Waals surface area contributed by atoms with Crippen molar-refractivity contribution in [2.24, 2.45) is 0 Å². The van der Waals surface area contributed by atoms with Gasteiger partial charge in [-0.05, 0) is 72.8 Å². The zero-order valence-electron chi connectivity index (χ0n) is 16.5. The molecule has 0 aliphatic heterocycles. The Hall–Kier alpha value is -3.78. The topological polar surface area (TPSA) is 91.8 Å². The molecule has 1 amide bonds. The highest BCUT2D eigenvalue weighted by Gasteiger charge is 2.08. The Morgan fingerprint density at radius 1 is 0.800 bits per heavy atom. The highest BCUT2D eigenvalue weighted by atomic mass is 32.1. The first-order valence-corrected chi connectivity index (χ1v) is 10.2. The molecule has 7 nitrogen and oxygen atoms in total. The molecule has 0 saturated carbocycles. The van der Waals surface area contributed by atoms with Crippen molar-refractivity contribution in [3.63, 3.8) is 0 Å². The molecule has 0 bridgehead atoms. The van der Waals surface area contributed by atoms with Crippen molar-refractivity contribution in [3.8, 4) is 0 Å². The molecule has 0 unspecified atom stereocenters. The van der Waals surface area contributed by atoms with Crippen LogP contribution in [-0.2, 0) is 0 Å². The van der Waals surface area contributed by atoms with Gasteiger partial charge in [-0.1, -0.05) is 0 Å². The summed E-state index contributed by atoms with van der Waals surface area (Å²) in [6.07, 6.45) is 3.23. The van der Waals surface area contributed by atoms with Crippen LogP contribution >= 0.6 is 11.3 Å². The Kier molecular flexibility index (Phi) is 5.67. The van der Waals surface area contributed by atoms with Gasteiger partial charge in [-0.3, -0.25) is 4.79 Å². The number of amides is 1. The second kappa shape index (κ2) is 8.71. The third-order valence-electron chi connectivity index (χ3n) is 4.21. The number of hydrogen-bond acceptors (Lipinski definition) is 7. The van der Waals surface area contributed by atoms with E-state index < -0.39 is 0 Å². The molecule has 0 aliphatic rings. The number of benzene rings is 1. The maximum atomic E-state index is 12.3. The minimum absolute atomic E-state index is 0.106. The molecule has 0 spiro atoms. The number of pyridine rings is 1. The van der Waals surface area contributed by atoms with Crippen molar-refractivity contribution < 1.29 is 4.79 Å². The summed E-state index contributed by atoms with van der Waals surface area (Å²) in [5.41, 5.74) is 3.77. The standard InChI is InChI=1S/C22H20N6OS/c1-14-7-8-23-19(10-14)28-21-11-20(24-13-25-21)26-16-3-5-17(6-4-16)27-22(29)18-9-15(2)12-30-18/h3-13H,1-2H3,(H,27,29)(H2,23,24,25,26,28). The normalized spacial score (nSPS) is 10.5. The van der Waals surface area contributed by atoms with E-state index in [9.17, 15) is 4.79 Å². The van der Waals surface area contributed by atoms with Crippen LogP contribution in [0, 0.1) is 13.8 Å². The minimum atomic E-state index is -0.106. The molecule has 3 aromatic heterocycles.